The quantitative estimate of drug-likeness (QED) is 0.200. The summed E-state index contributed by atoms with van der Waals surface area (Å²) in [6, 6.07) is 22.8. The highest BCUT2D eigenvalue weighted by atomic mass is 19.4. The number of aromatic nitrogens is 1. The third kappa shape index (κ3) is 5.22. The van der Waals surface area contributed by atoms with Crippen LogP contribution in [-0.2, 0) is 12.7 Å². The Labute approximate surface area is 245 Å². The molecule has 0 aliphatic heterocycles. The summed E-state index contributed by atoms with van der Waals surface area (Å²) < 4.78 is 61.0. The fraction of sp³-hybridized carbons (Fsp3) is 0.147. The lowest BCUT2D eigenvalue weighted by Crippen LogP contribution is -2.18. The molecule has 0 fully saturated rings. The first-order valence-corrected chi connectivity index (χ1v) is 13.5. The molecule has 1 N–H and O–H groups in total. The first-order chi connectivity index (χ1) is 20.5. The first kappa shape index (κ1) is 28.1. The summed E-state index contributed by atoms with van der Waals surface area (Å²) in [5.41, 5.74) is 5.01. The van der Waals surface area contributed by atoms with Gasteiger partial charge in [-0.15, -0.1) is 0 Å². The maximum Gasteiger partial charge on any atom is 0.416 e. The van der Waals surface area contributed by atoms with Crippen molar-refractivity contribution >= 4 is 33.5 Å². The Balaban J connectivity index is 1.47. The summed E-state index contributed by atoms with van der Waals surface area (Å²) >= 11 is 0. The maximum atomic E-state index is 13.7. The molecule has 5 nitrogen and oxygen atoms in total. The minimum atomic E-state index is -4.38. The average Bonchev–Trinajstić information content (AvgIpc) is 3.57. The number of furan rings is 1. The van der Waals surface area contributed by atoms with Crippen LogP contribution in [0.15, 0.2) is 95.5 Å². The number of fused-ring (bicyclic) bond motifs is 2. The SMILES string of the molecule is CNC(=O)c1c(-c2ccc(F)cc2)oc2cc(N(C)C)c(-c3ccc4ccn(Cc5ccc(C(F)(F)F)cc5)c4c3)cc12. The van der Waals surface area contributed by atoms with Gasteiger partial charge >= 0.3 is 6.18 Å². The standard InChI is InChI=1S/C34H27F4N3O2/c1-39-33(42)31-27-17-26(29(40(2)3)18-30(27)43-32(31)22-8-12-25(35)13-9-22)23-7-6-21-14-15-41(28(21)16-23)19-20-4-10-24(11-5-20)34(36,37)38/h4-18H,19H2,1-3H3,(H,39,42). The molecule has 0 atom stereocenters. The Bertz CT molecular complexity index is 1970. The topological polar surface area (TPSA) is 50.4 Å². The number of amides is 1. The first-order valence-electron chi connectivity index (χ1n) is 13.5. The zero-order valence-corrected chi connectivity index (χ0v) is 23.6. The lowest BCUT2D eigenvalue weighted by atomic mass is 9.97. The van der Waals surface area contributed by atoms with E-state index in [0.29, 0.717) is 34.4 Å². The van der Waals surface area contributed by atoms with Crippen LogP contribution in [0, 0.1) is 5.82 Å². The molecule has 0 spiro atoms. The van der Waals surface area contributed by atoms with Crippen molar-refractivity contribution in [2.75, 3.05) is 26.0 Å². The summed E-state index contributed by atoms with van der Waals surface area (Å²) in [7, 11) is 5.38. The van der Waals surface area contributed by atoms with Crippen LogP contribution in [-0.4, -0.2) is 31.6 Å². The van der Waals surface area contributed by atoms with E-state index in [1.54, 1.807) is 19.2 Å². The van der Waals surface area contributed by atoms with Crippen molar-refractivity contribution in [3.63, 3.8) is 0 Å². The van der Waals surface area contributed by atoms with E-state index in [0.717, 1.165) is 45.4 Å². The average molecular weight is 586 g/mol. The van der Waals surface area contributed by atoms with Crippen LogP contribution in [0.1, 0.15) is 21.5 Å². The molecular formula is C34H27F4N3O2. The van der Waals surface area contributed by atoms with Gasteiger partial charge in [0.15, 0.2) is 0 Å². The number of carbonyl (C=O) groups excluding carboxylic acids is 1. The fourth-order valence-electron chi connectivity index (χ4n) is 5.37. The molecule has 2 heterocycles. The third-order valence-electron chi connectivity index (χ3n) is 7.57. The van der Waals surface area contributed by atoms with Gasteiger partial charge in [-0.25, -0.2) is 4.39 Å². The van der Waals surface area contributed by atoms with Gasteiger partial charge in [0.1, 0.15) is 17.2 Å². The minimum Gasteiger partial charge on any atom is -0.455 e. The van der Waals surface area contributed by atoms with Crippen LogP contribution < -0.4 is 10.2 Å². The molecule has 218 valence electrons. The number of benzene rings is 4. The number of nitrogens with zero attached hydrogens (tertiary/aromatic N) is 2. The molecule has 9 heteroatoms. The predicted octanol–water partition coefficient (Wildman–Crippen LogP) is 8.35. The maximum absolute atomic E-state index is 13.7. The van der Waals surface area contributed by atoms with Gasteiger partial charge in [-0.1, -0.05) is 24.3 Å². The van der Waals surface area contributed by atoms with Crippen molar-refractivity contribution in [2.24, 2.45) is 0 Å². The van der Waals surface area contributed by atoms with Crippen LogP contribution in [0.2, 0.25) is 0 Å². The Hall–Kier alpha value is -5.05. The summed E-state index contributed by atoms with van der Waals surface area (Å²) in [4.78, 5) is 15.1. The molecule has 0 aliphatic carbocycles. The number of alkyl halides is 3. The smallest absolute Gasteiger partial charge is 0.416 e. The van der Waals surface area contributed by atoms with Gasteiger partial charge in [-0.05, 0) is 71.1 Å². The van der Waals surface area contributed by atoms with Crippen LogP contribution in [0.3, 0.4) is 0 Å². The molecule has 0 unspecified atom stereocenters. The van der Waals surface area contributed by atoms with Crippen LogP contribution >= 0.6 is 0 Å². The van der Waals surface area contributed by atoms with E-state index in [1.165, 1.54) is 24.3 Å². The number of nitrogens with one attached hydrogen (secondary N) is 1. The lowest BCUT2D eigenvalue weighted by molar-refractivity contribution is -0.137. The molecule has 2 aromatic heterocycles. The predicted molar refractivity (Wildman–Crippen MR) is 161 cm³/mol. The third-order valence-corrected chi connectivity index (χ3v) is 7.57. The van der Waals surface area contributed by atoms with Crippen LogP contribution in [0.4, 0.5) is 23.2 Å². The number of anilines is 1. The van der Waals surface area contributed by atoms with Crippen LogP contribution in [0.25, 0.3) is 44.3 Å². The molecule has 6 rings (SSSR count). The summed E-state index contributed by atoms with van der Waals surface area (Å²) in [6.07, 6.45) is -2.47. The van der Waals surface area contributed by atoms with Gasteiger partial charge in [-0.3, -0.25) is 4.79 Å². The number of halogens is 4. The highest BCUT2D eigenvalue weighted by Crippen LogP contribution is 2.41. The highest BCUT2D eigenvalue weighted by molar-refractivity contribution is 6.13. The van der Waals surface area contributed by atoms with Gasteiger partial charge in [-0.2, -0.15) is 13.2 Å². The largest absolute Gasteiger partial charge is 0.455 e. The Morgan fingerprint density at radius 1 is 0.907 bits per heavy atom. The molecule has 0 aliphatic rings. The van der Waals surface area contributed by atoms with Gasteiger partial charge in [0, 0.05) is 67.7 Å². The van der Waals surface area contributed by atoms with E-state index >= 15 is 0 Å². The molecule has 43 heavy (non-hydrogen) atoms. The number of hydrogen-bond donors (Lipinski definition) is 1. The van der Waals surface area contributed by atoms with Crippen molar-refractivity contribution < 1.29 is 26.8 Å². The molecule has 0 radical (unpaired) electrons. The second-order valence-electron chi connectivity index (χ2n) is 10.6. The second kappa shape index (κ2) is 10.7. The van der Waals surface area contributed by atoms with Crippen molar-refractivity contribution in [2.45, 2.75) is 12.7 Å². The van der Waals surface area contributed by atoms with Crippen molar-refractivity contribution in [1.29, 1.82) is 0 Å². The molecule has 0 saturated carbocycles. The zero-order chi connectivity index (χ0) is 30.5. The lowest BCUT2D eigenvalue weighted by Gasteiger charge is -2.18. The van der Waals surface area contributed by atoms with Gasteiger partial charge in [0.05, 0.1) is 11.1 Å². The summed E-state index contributed by atoms with van der Waals surface area (Å²) in [6.45, 7) is 0.397. The van der Waals surface area contributed by atoms with Crippen LogP contribution in [0.5, 0.6) is 0 Å². The number of carbonyl (C=O) groups is 1. The number of rotatable bonds is 6. The number of hydrogen-bond acceptors (Lipinski definition) is 3. The fourth-order valence-corrected chi connectivity index (χ4v) is 5.37. The molecule has 6 aromatic rings. The molecule has 1 amide bonds. The van der Waals surface area contributed by atoms with Gasteiger partial charge in [0.2, 0.25) is 0 Å². The van der Waals surface area contributed by atoms with Gasteiger partial charge < -0.3 is 19.2 Å². The highest BCUT2D eigenvalue weighted by Gasteiger charge is 2.30. The van der Waals surface area contributed by atoms with Crippen molar-refractivity contribution in [3.8, 4) is 22.5 Å². The molecular weight excluding hydrogens is 558 g/mol. The normalized spacial score (nSPS) is 11.8. The monoisotopic (exact) mass is 585 g/mol. The summed E-state index contributed by atoms with van der Waals surface area (Å²) in [5.74, 6) is -0.378. The van der Waals surface area contributed by atoms with E-state index in [9.17, 15) is 22.4 Å². The van der Waals surface area contributed by atoms with Gasteiger partial charge in [0.25, 0.3) is 5.91 Å². The Kier molecular flexibility index (Phi) is 6.96. The second-order valence-corrected chi connectivity index (χ2v) is 10.6. The van der Waals surface area contributed by atoms with Crippen molar-refractivity contribution in [3.05, 3.63) is 114 Å². The Morgan fingerprint density at radius 2 is 1.60 bits per heavy atom. The minimum absolute atomic E-state index is 0.331. The summed E-state index contributed by atoms with van der Waals surface area (Å²) in [5, 5.41) is 4.28. The Morgan fingerprint density at radius 3 is 2.26 bits per heavy atom. The zero-order valence-electron chi connectivity index (χ0n) is 23.6. The molecule has 0 saturated heterocycles. The van der Waals surface area contributed by atoms with E-state index in [2.05, 4.69) is 5.32 Å². The van der Waals surface area contributed by atoms with E-state index in [1.807, 2.05) is 66.2 Å². The molecule has 0 bridgehead atoms. The van der Waals surface area contributed by atoms with E-state index < -0.39 is 17.6 Å². The van der Waals surface area contributed by atoms with E-state index in [-0.39, 0.29) is 5.91 Å². The van der Waals surface area contributed by atoms with E-state index in [4.69, 9.17) is 4.42 Å². The van der Waals surface area contributed by atoms with Crippen molar-refractivity contribution in [1.82, 2.24) is 9.88 Å². The molecule has 4 aromatic carbocycles.